The molecule has 2 rings (SSSR count). The van der Waals surface area contributed by atoms with E-state index >= 15 is 0 Å². The Kier molecular flexibility index (Phi) is 5.14. The number of nitrogens with zero attached hydrogens (tertiary/aromatic N) is 1. The molecule has 0 aromatic heterocycles. The average molecular weight is 287 g/mol. The molecule has 1 heterocycles. The number of benzene rings is 1. The van der Waals surface area contributed by atoms with Crippen molar-refractivity contribution >= 4 is 11.7 Å². The van der Waals surface area contributed by atoms with Gasteiger partial charge in [-0.05, 0) is 30.7 Å². The van der Waals surface area contributed by atoms with Crippen molar-refractivity contribution in [3.05, 3.63) is 42.0 Å². The molecule has 4 heteroatoms. The second-order valence-corrected chi connectivity index (χ2v) is 5.04. The van der Waals surface area contributed by atoms with Crippen molar-refractivity contribution in [3.63, 3.8) is 0 Å². The van der Waals surface area contributed by atoms with Crippen LogP contribution in [0.2, 0.25) is 0 Å². The van der Waals surface area contributed by atoms with E-state index in [1.807, 2.05) is 17.9 Å². The van der Waals surface area contributed by atoms with Crippen LogP contribution < -0.4 is 4.74 Å². The zero-order valence-corrected chi connectivity index (χ0v) is 12.5. The number of ketones is 1. The van der Waals surface area contributed by atoms with Crippen LogP contribution in [0.1, 0.15) is 37.0 Å². The molecule has 112 valence electrons. The predicted octanol–water partition coefficient (Wildman–Crippen LogP) is 2.84. The Balaban J connectivity index is 1.88. The van der Waals surface area contributed by atoms with E-state index < -0.39 is 0 Å². The standard InChI is InChI=1S/C17H21NO3/c1-3-14-6-5-11-18(14)17(20)12-21-15-9-7-13(8-10-15)16(19)4-2/h5-10,14H,3-4,11-12H2,1-2H3. The predicted molar refractivity (Wildman–Crippen MR) is 81.5 cm³/mol. The van der Waals surface area contributed by atoms with Gasteiger partial charge in [-0.1, -0.05) is 26.0 Å². The maximum atomic E-state index is 12.1. The van der Waals surface area contributed by atoms with Gasteiger partial charge in [0.05, 0.1) is 6.04 Å². The van der Waals surface area contributed by atoms with Crippen LogP contribution in [-0.4, -0.2) is 35.8 Å². The van der Waals surface area contributed by atoms with Gasteiger partial charge in [-0.2, -0.15) is 0 Å². The summed E-state index contributed by atoms with van der Waals surface area (Å²) in [6.07, 6.45) is 5.47. The third-order valence-corrected chi connectivity index (χ3v) is 3.66. The fourth-order valence-corrected chi connectivity index (χ4v) is 2.38. The second kappa shape index (κ2) is 7.07. The van der Waals surface area contributed by atoms with E-state index in [9.17, 15) is 9.59 Å². The summed E-state index contributed by atoms with van der Waals surface area (Å²) >= 11 is 0. The van der Waals surface area contributed by atoms with Gasteiger partial charge in [0.1, 0.15) is 5.75 Å². The molecule has 0 bridgehead atoms. The molecule has 0 saturated heterocycles. The van der Waals surface area contributed by atoms with Crippen LogP contribution in [0.5, 0.6) is 5.75 Å². The second-order valence-electron chi connectivity index (χ2n) is 5.04. The molecule has 1 amide bonds. The van der Waals surface area contributed by atoms with E-state index in [1.54, 1.807) is 24.3 Å². The highest BCUT2D eigenvalue weighted by Gasteiger charge is 2.23. The first-order chi connectivity index (χ1) is 10.2. The minimum atomic E-state index is -0.0134. The van der Waals surface area contributed by atoms with E-state index in [-0.39, 0.29) is 24.3 Å². The smallest absolute Gasteiger partial charge is 0.261 e. The topological polar surface area (TPSA) is 46.6 Å². The van der Waals surface area contributed by atoms with Crippen molar-refractivity contribution in [3.8, 4) is 5.75 Å². The molecule has 0 aliphatic carbocycles. The van der Waals surface area contributed by atoms with Crippen molar-refractivity contribution < 1.29 is 14.3 Å². The molecule has 1 unspecified atom stereocenters. The molecule has 1 aromatic carbocycles. The van der Waals surface area contributed by atoms with Gasteiger partial charge in [-0.3, -0.25) is 9.59 Å². The van der Waals surface area contributed by atoms with Gasteiger partial charge in [-0.15, -0.1) is 0 Å². The summed E-state index contributed by atoms with van der Waals surface area (Å²) in [5.41, 5.74) is 0.672. The summed E-state index contributed by atoms with van der Waals surface area (Å²) in [7, 11) is 0. The summed E-state index contributed by atoms with van der Waals surface area (Å²) in [6, 6.07) is 7.12. The third-order valence-electron chi connectivity index (χ3n) is 3.66. The molecule has 21 heavy (non-hydrogen) atoms. The van der Waals surface area contributed by atoms with E-state index in [2.05, 4.69) is 13.0 Å². The number of Topliss-reactive ketones (excluding diaryl/α,β-unsaturated/α-hetero) is 1. The van der Waals surface area contributed by atoms with Crippen LogP contribution in [0.3, 0.4) is 0 Å². The Labute approximate surface area is 125 Å². The number of carbonyl (C=O) groups is 2. The summed E-state index contributed by atoms with van der Waals surface area (Å²) < 4.78 is 5.51. The zero-order chi connectivity index (χ0) is 15.2. The lowest BCUT2D eigenvalue weighted by Crippen LogP contribution is -2.38. The van der Waals surface area contributed by atoms with Crippen LogP contribution in [0.4, 0.5) is 0 Å². The van der Waals surface area contributed by atoms with Gasteiger partial charge in [-0.25, -0.2) is 0 Å². The lowest BCUT2D eigenvalue weighted by molar-refractivity contribution is -0.133. The lowest BCUT2D eigenvalue weighted by atomic mass is 10.1. The fraction of sp³-hybridized carbons (Fsp3) is 0.412. The van der Waals surface area contributed by atoms with Crippen molar-refractivity contribution in [2.75, 3.05) is 13.2 Å². The third kappa shape index (κ3) is 3.72. The minimum absolute atomic E-state index is 0.0134. The summed E-state index contributed by atoms with van der Waals surface area (Å²) in [4.78, 5) is 25.5. The first-order valence-corrected chi connectivity index (χ1v) is 7.37. The monoisotopic (exact) mass is 287 g/mol. The maximum Gasteiger partial charge on any atom is 0.261 e. The van der Waals surface area contributed by atoms with Crippen molar-refractivity contribution in [1.82, 2.24) is 4.90 Å². The van der Waals surface area contributed by atoms with Gasteiger partial charge >= 0.3 is 0 Å². The van der Waals surface area contributed by atoms with Crippen LogP contribution in [0, 0.1) is 0 Å². The molecule has 1 atom stereocenters. The van der Waals surface area contributed by atoms with Crippen molar-refractivity contribution in [2.24, 2.45) is 0 Å². The lowest BCUT2D eigenvalue weighted by Gasteiger charge is -2.23. The number of amides is 1. The number of hydrogen-bond acceptors (Lipinski definition) is 3. The highest BCUT2D eigenvalue weighted by molar-refractivity contribution is 5.95. The SMILES string of the molecule is CCC(=O)c1ccc(OCC(=O)N2CC=CC2CC)cc1. The highest BCUT2D eigenvalue weighted by atomic mass is 16.5. The van der Waals surface area contributed by atoms with Crippen LogP contribution in [0.15, 0.2) is 36.4 Å². The Hall–Kier alpha value is -2.10. The first kappa shape index (κ1) is 15.3. The first-order valence-electron chi connectivity index (χ1n) is 7.37. The Morgan fingerprint density at radius 2 is 1.95 bits per heavy atom. The Morgan fingerprint density at radius 1 is 1.24 bits per heavy atom. The molecule has 4 nitrogen and oxygen atoms in total. The fourth-order valence-electron chi connectivity index (χ4n) is 2.38. The molecule has 1 aromatic rings. The van der Waals surface area contributed by atoms with Gasteiger partial charge in [0, 0.05) is 18.5 Å². The number of ether oxygens (including phenoxy) is 1. The number of rotatable bonds is 6. The molecule has 0 spiro atoms. The van der Waals surface area contributed by atoms with Gasteiger partial charge in [0.2, 0.25) is 0 Å². The molecular formula is C17H21NO3. The summed E-state index contributed by atoms with van der Waals surface area (Å²) in [6.45, 7) is 4.58. The van der Waals surface area contributed by atoms with Gasteiger partial charge in [0.15, 0.2) is 12.4 Å². The van der Waals surface area contributed by atoms with E-state index in [1.165, 1.54) is 0 Å². The van der Waals surface area contributed by atoms with Crippen LogP contribution >= 0.6 is 0 Å². The minimum Gasteiger partial charge on any atom is -0.484 e. The quantitative estimate of drug-likeness (QED) is 0.597. The molecule has 0 saturated carbocycles. The van der Waals surface area contributed by atoms with E-state index in [0.717, 1.165) is 6.42 Å². The largest absolute Gasteiger partial charge is 0.484 e. The Bertz CT molecular complexity index is 533. The van der Waals surface area contributed by atoms with E-state index in [4.69, 9.17) is 4.74 Å². The zero-order valence-electron chi connectivity index (χ0n) is 12.5. The number of hydrogen-bond donors (Lipinski definition) is 0. The molecule has 0 fully saturated rings. The molecule has 0 N–H and O–H groups in total. The van der Waals surface area contributed by atoms with E-state index in [0.29, 0.717) is 24.3 Å². The van der Waals surface area contributed by atoms with Crippen molar-refractivity contribution in [2.45, 2.75) is 32.7 Å². The molecular weight excluding hydrogens is 266 g/mol. The highest BCUT2D eigenvalue weighted by Crippen LogP contribution is 2.16. The molecule has 0 radical (unpaired) electrons. The molecule has 1 aliphatic heterocycles. The average Bonchev–Trinajstić information content (AvgIpc) is 3.01. The normalized spacial score (nSPS) is 17.0. The van der Waals surface area contributed by atoms with Gasteiger partial charge < -0.3 is 9.64 Å². The summed E-state index contributed by atoms with van der Waals surface area (Å²) in [5, 5.41) is 0. The van der Waals surface area contributed by atoms with Gasteiger partial charge in [0.25, 0.3) is 5.91 Å². The maximum absolute atomic E-state index is 12.1. The number of carbonyl (C=O) groups excluding carboxylic acids is 2. The van der Waals surface area contributed by atoms with Crippen LogP contribution in [-0.2, 0) is 4.79 Å². The Morgan fingerprint density at radius 3 is 2.57 bits per heavy atom. The van der Waals surface area contributed by atoms with Crippen LogP contribution in [0.25, 0.3) is 0 Å². The van der Waals surface area contributed by atoms with Crippen molar-refractivity contribution in [1.29, 1.82) is 0 Å². The summed E-state index contributed by atoms with van der Waals surface area (Å²) in [5.74, 6) is 0.698. The molecule has 1 aliphatic rings.